The number of methoxy groups -OCH3 is 1. The Morgan fingerprint density at radius 2 is 1.86 bits per heavy atom. The van der Waals surface area contributed by atoms with Crippen LogP contribution < -0.4 is 10.1 Å². The van der Waals surface area contributed by atoms with Gasteiger partial charge in [0.15, 0.2) is 17.7 Å². The molecule has 1 N–H and O–H groups in total. The molecule has 0 aliphatic carbocycles. The maximum absolute atomic E-state index is 13.3. The van der Waals surface area contributed by atoms with Crippen LogP contribution in [0.1, 0.15) is 17.3 Å². The van der Waals surface area contributed by atoms with Crippen molar-refractivity contribution in [3.63, 3.8) is 0 Å². The first-order valence-corrected chi connectivity index (χ1v) is 8.00. The number of ether oxygens (including phenoxy) is 2. The van der Waals surface area contributed by atoms with E-state index >= 15 is 0 Å². The monoisotopic (exact) mass is 414 g/mol. The van der Waals surface area contributed by atoms with Gasteiger partial charge in [0.05, 0.1) is 28.7 Å². The number of anilines is 1. The Labute approximate surface area is 162 Å². The summed E-state index contributed by atoms with van der Waals surface area (Å²) in [7, 11) is 1.32. The van der Waals surface area contributed by atoms with Gasteiger partial charge in [-0.1, -0.05) is 11.6 Å². The third-order valence-electron chi connectivity index (χ3n) is 3.54. The van der Waals surface area contributed by atoms with E-state index in [2.05, 4.69) is 5.32 Å². The lowest BCUT2D eigenvalue weighted by atomic mass is 10.2. The zero-order valence-corrected chi connectivity index (χ0v) is 15.3. The summed E-state index contributed by atoms with van der Waals surface area (Å²) in [6, 6.07) is 4.88. The van der Waals surface area contributed by atoms with Crippen LogP contribution in [-0.4, -0.2) is 30.0 Å². The molecule has 1 amide bonds. The van der Waals surface area contributed by atoms with E-state index in [1.165, 1.54) is 26.2 Å². The van der Waals surface area contributed by atoms with E-state index in [1.807, 2.05) is 0 Å². The molecule has 2 aromatic carbocycles. The summed E-state index contributed by atoms with van der Waals surface area (Å²) in [6.45, 7) is 1.19. The Bertz CT molecular complexity index is 953. The van der Waals surface area contributed by atoms with E-state index in [4.69, 9.17) is 21.1 Å². The summed E-state index contributed by atoms with van der Waals surface area (Å²) < 4.78 is 36.1. The number of nitrogens with one attached hydrogen (secondary N) is 1. The molecular weight excluding hydrogens is 402 g/mol. The number of esters is 1. The van der Waals surface area contributed by atoms with Crippen molar-refractivity contribution in [1.82, 2.24) is 0 Å². The second kappa shape index (κ2) is 8.61. The van der Waals surface area contributed by atoms with Gasteiger partial charge < -0.3 is 14.8 Å². The summed E-state index contributed by atoms with van der Waals surface area (Å²) in [6.07, 6.45) is -1.42. The van der Waals surface area contributed by atoms with Crippen LogP contribution in [0, 0.1) is 21.7 Å². The van der Waals surface area contributed by atoms with Gasteiger partial charge in [0.1, 0.15) is 11.4 Å². The minimum absolute atomic E-state index is 0.149. The molecule has 28 heavy (non-hydrogen) atoms. The molecular formula is C17H13ClF2N2O6. The topological polar surface area (TPSA) is 108 Å². The van der Waals surface area contributed by atoms with Crippen molar-refractivity contribution in [2.75, 3.05) is 12.4 Å². The Balaban J connectivity index is 2.14. The Morgan fingerprint density at radius 1 is 1.21 bits per heavy atom. The largest absolute Gasteiger partial charge is 0.496 e. The first kappa shape index (κ1) is 21.0. The van der Waals surface area contributed by atoms with Crippen LogP contribution in [0.4, 0.5) is 20.2 Å². The van der Waals surface area contributed by atoms with E-state index in [1.54, 1.807) is 0 Å². The lowest BCUT2D eigenvalue weighted by molar-refractivity contribution is -0.384. The van der Waals surface area contributed by atoms with E-state index in [0.29, 0.717) is 12.1 Å². The number of carbonyl (C=O) groups excluding carboxylic acids is 2. The van der Waals surface area contributed by atoms with Crippen LogP contribution in [0.2, 0.25) is 5.02 Å². The van der Waals surface area contributed by atoms with Gasteiger partial charge >= 0.3 is 5.97 Å². The van der Waals surface area contributed by atoms with Crippen LogP contribution in [0.15, 0.2) is 30.3 Å². The first-order valence-electron chi connectivity index (χ1n) is 7.62. The molecule has 0 aromatic heterocycles. The zero-order chi connectivity index (χ0) is 21.0. The number of nitro benzene ring substituents is 1. The molecule has 0 saturated carbocycles. The van der Waals surface area contributed by atoms with E-state index in [9.17, 15) is 28.5 Å². The van der Waals surface area contributed by atoms with Crippen molar-refractivity contribution in [2.45, 2.75) is 13.0 Å². The number of benzene rings is 2. The van der Waals surface area contributed by atoms with Crippen molar-refractivity contribution in [3.8, 4) is 5.75 Å². The normalized spacial score (nSPS) is 11.5. The quantitative estimate of drug-likeness (QED) is 0.334. The smallest absolute Gasteiger partial charge is 0.340 e. The predicted molar refractivity (Wildman–Crippen MR) is 94.5 cm³/mol. The molecule has 1 atom stereocenters. The SMILES string of the molecule is COc1ccc(NC(=O)C(C)OC(=O)c2cc(F)c(F)cc2Cl)c([N+](=O)[O-])c1. The number of amides is 1. The first-order chi connectivity index (χ1) is 13.1. The Kier molecular flexibility index (Phi) is 6.47. The van der Waals surface area contributed by atoms with Crippen LogP contribution in [-0.2, 0) is 9.53 Å². The van der Waals surface area contributed by atoms with Gasteiger partial charge in [-0.15, -0.1) is 0 Å². The van der Waals surface area contributed by atoms with Crippen molar-refractivity contribution in [2.24, 2.45) is 0 Å². The fourth-order valence-corrected chi connectivity index (χ4v) is 2.31. The Hall–Kier alpha value is -3.27. The van der Waals surface area contributed by atoms with Gasteiger partial charge in [-0.25, -0.2) is 13.6 Å². The van der Waals surface area contributed by atoms with Gasteiger partial charge in [-0.05, 0) is 31.2 Å². The van der Waals surface area contributed by atoms with Gasteiger partial charge in [-0.3, -0.25) is 14.9 Å². The zero-order valence-electron chi connectivity index (χ0n) is 14.5. The van der Waals surface area contributed by atoms with Crippen LogP contribution in [0.3, 0.4) is 0 Å². The Morgan fingerprint density at radius 3 is 2.46 bits per heavy atom. The number of nitro groups is 1. The minimum atomic E-state index is -1.42. The second-order valence-corrected chi connectivity index (χ2v) is 5.83. The fraction of sp³-hybridized carbons (Fsp3) is 0.176. The molecule has 0 aliphatic heterocycles. The van der Waals surface area contributed by atoms with E-state index in [-0.39, 0.29) is 11.4 Å². The van der Waals surface area contributed by atoms with Crippen molar-refractivity contribution in [1.29, 1.82) is 0 Å². The predicted octanol–water partition coefficient (Wildman–Crippen LogP) is 3.72. The molecule has 1 unspecified atom stereocenters. The highest BCUT2D eigenvalue weighted by atomic mass is 35.5. The maximum atomic E-state index is 13.3. The molecule has 0 spiro atoms. The third-order valence-corrected chi connectivity index (χ3v) is 3.86. The van der Waals surface area contributed by atoms with Crippen molar-refractivity contribution >= 4 is 34.9 Å². The van der Waals surface area contributed by atoms with E-state index < -0.39 is 50.8 Å². The summed E-state index contributed by atoms with van der Waals surface area (Å²) in [5, 5.41) is 13.0. The summed E-state index contributed by atoms with van der Waals surface area (Å²) in [5.41, 5.74) is -1.06. The van der Waals surface area contributed by atoms with Crippen LogP contribution in [0.25, 0.3) is 0 Å². The van der Waals surface area contributed by atoms with Gasteiger partial charge in [0, 0.05) is 0 Å². The van der Waals surface area contributed by atoms with Crippen LogP contribution in [0.5, 0.6) is 5.75 Å². The van der Waals surface area contributed by atoms with Gasteiger partial charge in [-0.2, -0.15) is 0 Å². The highest BCUT2D eigenvalue weighted by molar-refractivity contribution is 6.33. The van der Waals surface area contributed by atoms with Gasteiger partial charge in [0.2, 0.25) is 0 Å². The third kappa shape index (κ3) is 4.71. The number of carbonyl (C=O) groups is 2. The highest BCUT2D eigenvalue weighted by Gasteiger charge is 2.24. The lowest BCUT2D eigenvalue weighted by Gasteiger charge is -2.14. The van der Waals surface area contributed by atoms with Crippen molar-refractivity contribution < 1.29 is 32.8 Å². The van der Waals surface area contributed by atoms with Crippen molar-refractivity contribution in [3.05, 3.63) is 62.7 Å². The fourth-order valence-electron chi connectivity index (χ4n) is 2.09. The average Bonchev–Trinajstić information content (AvgIpc) is 2.64. The molecule has 11 heteroatoms. The number of hydrogen-bond acceptors (Lipinski definition) is 6. The maximum Gasteiger partial charge on any atom is 0.340 e. The molecule has 2 rings (SSSR count). The molecule has 0 fully saturated rings. The molecule has 0 saturated heterocycles. The molecule has 0 bridgehead atoms. The molecule has 8 nitrogen and oxygen atoms in total. The highest BCUT2D eigenvalue weighted by Crippen LogP contribution is 2.29. The standard InChI is InChI=1S/C17H13ClF2N2O6/c1-8(28-17(24)10-6-12(19)13(20)7-11(10)18)16(23)21-14-4-3-9(27-2)5-15(14)22(25)26/h3-8H,1-2H3,(H,21,23). The average molecular weight is 415 g/mol. The molecule has 148 valence electrons. The second-order valence-electron chi connectivity index (χ2n) is 5.42. The molecule has 0 heterocycles. The van der Waals surface area contributed by atoms with Crippen LogP contribution >= 0.6 is 11.6 Å². The minimum Gasteiger partial charge on any atom is -0.496 e. The lowest BCUT2D eigenvalue weighted by Crippen LogP contribution is -2.30. The molecule has 2 aromatic rings. The number of rotatable bonds is 6. The summed E-state index contributed by atoms with van der Waals surface area (Å²) in [5.74, 6) is -4.42. The summed E-state index contributed by atoms with van der Waals surface area (Å²) in [4.78, 5) is 34.7. The summed E-state index contributed by atoms with van der Waals surface area (Å²) >= 11 is 5.68. The van der Waals surface area contributed by atoms with Gasteiger partial charge in [0.25, 0.3) is 11.6 Å². The number of halogens is 3. The number of nitrogens with zero attached hydrogens (tertiary/aromatic N) is 1. The van der Waals surface area contributed by atoms with E-state index in [0.717, 1.165) is 6.07 Å². The number of hydrogen-bond donors (Lipinski definition) is 1. The molecule has 0 radical (unpaired) electrons. The molecule has 0 aliphatic rings.